The normalized spacial score (nSPS) is 18.2. The molecule has 0 aromatic carbocycles. The summed E-state index contributed by atoms with van der Waals surface area (Å²) in [5.41, 5.74) is 0. The molecule has 3 heteroatoms. The summed E-state index contributed by atoms with van der Waals surface area (Å²) in [6.07, 6.45) is 5.47. The van der Waals surface area contributed by atoms with E-state index < -0.39 is 0 Å². The van der Waals surface area contributed by atoms with Crippen LogP contribution in [0.1, 0.15) is 32.6 Å². The van der Waals surface area contributed by atoms with E-state index in [0.717, 1.165) is 5.92 Å². The second-order valence-electron chi connectivity index (χ2n) is 5.57. The highest BCUT2D eigenvalue weighted by molar-refractivity contribution is 4.70. The maximum atomic E-state index is 3.44. The standard InChI is InChI=1S/C14H31N3/c1-4-17(12-5-11-16(2)3)13-8-14-6-9-15-10-7-14/h14-15H,4-13H2,1-3H3. The molecule has 0 spiro atoms. The van der Waals surface area contributed by atoms with Crippen LogP contribution >= 0.6 is 0 Å². The molecule has 1 N–H and O–H groups in total. The molecule has 0 aromatic rings. The van der Waals surface area contributed by atoms with Gasteiger partial charge in [-0.2, -0.15) is 0 Å². The number of hydrogen-bond donors (Lipinski definition) is 1. The lowest BCUT2D eigenvalue weighted by Gasteiger charge is -2.27. The first-order valence-electron chi connectivity index (χ1n) is 7.30. The number of piperidine rings is 1. The number of hydrogen-bond acceptors (Lipinski definition) is 3. The Hall–Kier alpha value is -0.120. The van der Waals surface area contributed by atoms with Gasteiger partial charge in [0.25, 0.3) is 0 Å². The van der Waals surface area contributed by atoms with Crippen LogP contribution in [0.25, 0.3) is 0 Å². The smallest absolute Gasteiger partial charge is 0.000667 e. The Morgan fingerprint density at radius 2 is 1.76 bits per heavy atom. The van der Waals surface area contributed by atoms with E-state index in [-0.39, 0.29) is 0 Å². The van der Waals surface area contributed by atoms with Gasteiger partial charge in [0.2, 0.25) is 0 Å². The van der Waals surface area contributed by atoms with Crippen molar-refractivity contribution in [2.75, 3.05) is 53.4 Å². The molecule has 0 aromatic heterocycles. The maximum Gasteiger partial charge on any atom is -0.000667 e. The Bertz CT molecular complexity index is 176. The molecule has 0 saturated carbocycles. The average molecular weight is 241 g/mol. The van der Waals surface area contributed by atoms with E-state index in [0.29, 0.717) is 0 Å². The molecule has 0 aliphatic carbocycles. The second kappa shape index (κ2) is 8.90. The first-order valence-corrected chi connectivity index (χ1v) is 7.30. The third-order valence-corrected chi connectivity index (χ3v) is 3.84. The Morgan fingerprint density at radius 3 is 2.35 bits per heavy atom. The number of nitrogens with one attached hydrogen (secondary N) is 1. The maximum absolute atomic E-state index is 3.44. The van der Waals surface area contributed by atoms with Gasteiger partial charge in [-0.05, 0) is 85.0 Å². The van der Waals surface area contributed by atoms with Crippen LogP contribution in [-0.4, -0.2) is 63.2 Å². The van der Waals surface area contributed by atoms with Crippen molar-refractivity contribution < 1.29 is 0 Å². The number of rotatable bonds is 8. The summed E-state index contributed by atoms with van der Waals surface area (Å²) >= 11 is 0. The summed E-state index contributed by atoms with van der Waals surface area (Å²) < 4.78 is 0. The van der Waals surface area contributed by atoms with E-state index in [1.54, 1.807) is 0 Å². The third kappa shape index (κ3) is 7.02. The van der Waals surface area contributed by atoms with Gasteiger partial charge in [0.15, 0.2) is 0 Å². The van der Waals surface area contributed by atoms with Gasteiger partial charge in [-0.3, -0.25) is 0 Å². The summed E-state index contributed by atoms with van der Waals surface area (Å²) in [6, 6.07) is 0. The fraction of sp³-hybridized carbons (Fsp3) is 1.00. The zero-order chi connectivity index (χ0) is 12.5. The Balaban J connectivity index is 2.08. The van der Waals surface area contributed by atoms with Crippen LogP contribution in [0.5, 0.6) is 0 Å². The van der Waals surface area contributed by atoms with Gasteiger partial charge < -0.3 is 15.1 Å². The highest BCUT2D eigenvalue weighted by atomic mass is 15.1. The van der Waals surface area contributed by atoms with Crippen molar-refractivity contribution in [3.63, 3.8) is 0 Å². The Morgan fingerprint density at radius 1 is 1.06 bits per heavy atom. The highest BCUT2D eigenvalue weighted by Gasteiger charge is 2.13. The van der Waals surface area contributed by atoms with E-state index >= 15 is 0 Å². The van der Waals surface area contributed by atoms with Crippen LogP contribution < -0.4 is 5.32 Å². The van der Waals surface area contributed by atoms with Crippen molar-refractivity contribution >= 4 is 0 Å². The lowest BCUT2D eigenvalue weighted by atomic mass is 9.94. The fourth-order valence-electron chi connectivity index (χ4n) is 2.57. The first-order chi connectivity index (χ1) is 8.22. The topological polar surface area (TPSA) is 18.5 Å². The zero-order valence-corrected chi connectivity index (χ0v) is 12.0. The molecule has 1 rings (SSSR count). The third-order valence-electron chi connectivity index (χ3n) is 3.84. The van der Waals surface area contributed by atoms with Gasteiger partial charge >= 0.3 is 0 Å². The van der Waals surface area contributed by atoms with Crippen molar-refractivity contribution in [3.8, 4) is 0 Å². The predicted octanol–water partition coefficient (Wildman–Crippen LogP) is 1.65. The van der Waals surface area contributed by atoms with Crippen molar-refractivity contribution in [1.29, 1.82) is 0 Å². The van der Waals surface area contributed by atoms with E-state index in [9.17, 15) is 0 Å². The largest absolute Gasteiger partial charge is 0.317 e. The van der Waals surface area contributed by atoms with Gasteiger partial charge in [-0.25, -0.2) is 0 Å². The van der Waals surface area contributed by atoms with Gasteiger partial charge in [-0.15, -0.1) is 0 Å². The summed E-state index contributed by atoms with van der Waals surface area (Å²) in [6.45, 7) is 9.74. The lowest BCUT2D eigenvalue weighted by Crippen LogP contribution is -2.32. The molecule has 0 atom stereocenters. The van der Waals surface area contributed by atoms with Crippen LogP contribution in [0.4, 0.5) is 0 Å². The van der Waals surface area contributed by atoms with Crippen molar-refractivity contribution in [3.05, 3.63) is 0 Å². The molecule has 1 fully saturated rings. The van der Waals surface area contributed by atoms with Gasteiger partial charge in [0.05, 0.1) is 0 Å². The van der Waals surface area contributed by atoms with Crippen LogP contribution in [0.2, 0.25) is 0 Å². The minimum absolute atomic E-state index is 0.971. The van der Waals surface area contributed by atoms with E-state index in [1.165, 1.54) is 65.0 Å². The van der Waals surface area contributed by atoms with Crippen LogP contribution in [0.15, 0.2) is 0 Å². The molecular formula is C14H31N3. The predicted molar refractivity (Wildman–Crippen MR) is 75.5 cm³/mol. The lowest BCUT2D eigenvalue weighted by molar-refractivity contribution is 0.233. The zero-order valence-electron chi connectivity index (χ0n) is 12.0. The molecule has 0 amide bonds. The molecule has 0 radical (unpaired) electrons. The minimum Gasteiger partial charge on any atom is -0.317 e. The quantitative estimate of drug-likeness (QED) is 0.697. The monoisotopic (exact) mass is 241 g/mol. The molecule has 0 bridgehead atoms. The Labute approximate surface area is 108 Å². The van der Waals surface area contributed by atoms with E-state index in [2.05, 4.69) is 36.1 Å². The SMILES string of the molecule is CCN(CCCN(C)C)CCC1CCNCC1. The second-order valence-corrected chi connectivity index (χ2v) is 5.57. The Kier molecular flexibility index (Phi) is 7.82. The van der Waals surface area contributed by atoms with Crippen LogP contribution in [0.3, 0.4) is 0 Å². The fourth-order valence-corrected chi connectivity index (χ4v) is 2.57. The summed E-state index contributed by atoms with van der Waals surface area (Å²) in [7, 11) is 4.32. The molecule has 17 heavy (non-hydrogen) atoms. The van der Waals surface area contributed by atoms with Gasteiger partial charge in [0, 0.05) is 0 Å². The highest BCUT2D eigenvalue weighted by Crippen LogP contribution is 2.16. The van der Waals surface area contributed by atoms with Gasteiger partial charge in [0.1, 0.15) is 0 Å². The number of nitrogens with zero attached hydrogens (tertiary/aromatic N) is 2. The van der Waals surface area contributed by atoms with Crippen molar-refractivity contribution in [1.82, 2.24) is 15.1 Å². The van der Waals surface area contributed by atoms with Crippen molar-refractivity contribution in [2.45, 2.75) is 32.6 Å². The molecule has 0 unspecified atom stereocenters. The molecule has 1 heterocycles. The molecule has 3 nitrogen and oxygen atoms in total. The molecule has 102 valence electrons. The minimum atomic E-state index is 0.971. The molecule has 1 aliphatic heterocycles. The van der Waals surface area contributed by atoms with E-state index in [4.69, 9.17) is 0 Å². The molecular weight excluding hydrogens is 210 g/mol. The molecule has 1 aliphatic rings. The first kappa shape index (κ1) is 14.9. The molecule has 1 saturated heterocycles. The van der Waals surface area contributed by atoms with Crippen LogP contribution in [0, 0.1) is 5.92 Å². The average Bonchev–Trinajstić information content (AvgIpc) is 2.34. The summed E-state index contributed by atoms with van der Waals surface area (Å²) in [5, 5.41) is 3.44. The van der Waals surface area contributed by atoms with Gasteiger partial charge in [-0.1, -0.05) is 6.92 Å². The summed E-state index contributed by atoms with van der Waals surface area (Å²) in [5.74, 6) is 0.971. The summed E-state index contributed by atoms with van der Waals surface area (Å²) in [4.78, 5) is 4.90. The van der Waals surface area contributed by atoms with Crippen LogP contribution in [-0.2, 0) is 0 Å². The van der Waals surface area contributed by atoms with E-state index in [1.807, 2.05) is 0 Å². The van der Waals surface area contributed by atoms with Crippen molar-refractivity contribution in [2.24, 2.45) is 5.92 Å².